The number of rotatable bonds is 2. The lowest BCUT2D eigenvalue weighted by Crippen LogP contribution is -2.64. The summed E-state index contributed by atoms with van der Waals surface area (Å²) < 4.78 is 1.76. The molecule has 1 spiro atoms. The molecule has 0 radical (unpaired) electrons. The summed E-state index contributed by atoms with van der Waals surface area (Å²) >= 11 is 0. The molecule has 2 aliphatic rings. The fourth-order valence-corrected chi connectivity index (χ4v) is 3.69. The zero-order chi connectivity index (χ0) is 14.0. The van der Waals surface area contributed by atoms with E-state index in [4.69, 9.17) is 0 Å². The molecule has 0 bridgehead atoms. The molecular weight excluding hydrogens is 252 g/mol. The van der Waals surface area contributed by atoms with E-state index in [1.807, 2.05) is 19.2 Å². The molecule has 1 amide bonds. The van der Waals surface area contributed by atoms with Gasteiger partial charge in [0, 0.05) is 32.0 Å². The molecule has 1 saturated heterocycles. The van der Waals surface area contributed by atoms with Crippen molar-refractivity contribution in [2.24, 2.45) is 0 Å². The molecule has 3 rings (SSSR count). The van der Waals surface area contributed by atoms with Crippen LogP contribution in [0.1, 0.15) is 45.1 Å². The number of carbonyl (C=O) groups excluding carboxylic acids is 1. The van der Waals surface area contributed by atoms with E-state index in [1.54, 1.807) is 10.9 Å². The number of amides is 1. The second-order valence-corrected chi connectivity index (χ2v) is 6.11. The molecular formula is C15H24N4O. The van der Waals surface area contributed by atoms with Crippen molar-refractivity contribution in [1.29, 1.82) is 0 Å². The van der Waals surface area contributed by atoms with E-state index in [0.717, 1.165) is 32.5 Å². The number of aromatic nitrogens is 2. The molecule has 5 nitrogen and oxygen atoms in total. The van der Waals surface area contributed by atoms with E-state index in [1.165, 1.54) is 19.3 Å². The number of nitrogens with one attached hydrogen (secondary N) is 1. The zero-order valence-corrected chi connectivity index (χ0v) is 12.2. The smallest absolute Gasteiger partial charge is 0.247 e. The molecule has 20 heavy (non-hydrogen) atoms. The van der Waals surface area contributed by atoms with Gasteiger partial charge >= 0.3 is 0 Å². The number of nitrogens with zero attached hydrogens (tertiary/aromatic N) is 3. The third-order valence-electron chi connectivity index (χ3n) is 4.87. The maximum atomic E-state index is 12.9. The van der Waals surface area contributed by atoms with E-state index in [2.05, 4.69) is 15.3 Å². The Bertz CT molecular complexity index is 442. The van der Waals surface area contributed by atoms with Crippen molar-refractivity contribution in [3.05, 3.63) is 18.5 Å². The van der Waals surface area contributed by atoms with Crippen LogP contribution in [0.2, 0.25) is 0 Å². The van der Waals surface area contributed by atoms with Gasteiger partial charge in [-0.25, -0.2) is 0 Å². The van der Waals surface area contributed by atoms with Gasteiger partial charge in [-0.15, -0.1) is 0 Å². The summed E-state index contributed by atoms with van der Waals surface area (Å²) in [5, 5.41) is 7.71. The van der Waals surface area contributed by atoms with Gasteiger partial charge in [-0.1, -0.05) is 19.3 Å². The lowest BCUT2D eigenvalue weighted by molar-refractivity contribution is -0.144. The van der Waals surface area contributed by atoms with Crippen molar-refractivity contribution >= 4 is 5.91 Å². The fraction of sp³-hybridized carbons (Fsp3) is 0.733. The van der Waals surface area contributed by atoms with E-state index in [-0.39, 0.29) is 17.5 Å². The standard InChI is InChI=1S/C15H24N4O/c1-13(19-10-5-8-17-19)14(20)18-11-9-16-12-15(18)6-3-2-4-7-15/h5,8,10,13,16H,2-4,6-7,9,11-12H2,1H3. The highest BCUT2D eigenvalue weighted by molar-refractivity contribution is 5.81. The Balaban J connectivity index is 1.80. The van der Waals surface area contributed by atoms with Gasteiger partial charge in [0.05, 0.1) is 5.54 Å². The molecule has 1 saturated carbocycles. The average Bonchev–Trinajstić information content (AvgIpc) is 3.01. The molecule has 1 atom stereocenters. The maximum absolute atomic E-state index is 12.9. The Hall–Kier alpha value is -1.36. The highest BCUT2D eigenvalue weighted by Gasteiger charge is 2.43. The van der Waals surface area contributed by atoms with Gasteiger partial charge in [-0.2, -0.15) is 5.10 Å². The van der Waals surface area contributed by atoms with Crippen LogP contribution in [0.3, 0.4) is 0 Å². The molecule has 1 aromatic rings. The number of piperazine rings is 1. The summed E-state index contributed by atoms with van der Waals surface area (Å²) in [4.78, 5) is 15.1. The van der Waals surface area contributed by atoms with Crippen LogP contribution >= 0.6 is 0 Å². The summed E-state index contributed by atoms with van der Waals surface area (Å²) in [5.41, 5.74) is 0.0506. The van der Waals surface area contributed by atoms with Crippen LogP contribution in [-0.2, 0) is 4.79 Å². The molecule has 1 unspecified atom stereocenters. The molecule has 0 aromatic carbocycles. The quantitative estimate of drug-likeness (QED) is 0.892. The van der Waals surface area contributed by atoms with Gasteiger partial charge in [-0.05, 0) is 25.8 Å². The van der Waals surface area contributed by atoms with Gasteiger partial charge in [-0.3, -0.25) is 9.48 Å². The maximum Gasteiger partial charge on any atom is 0.247 e. The Kier molecular flexibility index (Phi) is 3.78. The monoisotopic (exact) mass is 276 g/mol. The van der Waals surface area contributed by atoms with Crippen molar-refractivity contribution in [2.45, 2.75) is 50.6 Å². The minimum Gasteiger partial charge on any atom is -0.333 e. The van der Waals surface area contributed by atoms with Crippen LogP contribution in [-0.4, -0.2) is 45.8 Å². The van der Waals surface area contributed by atoms with Gasteiger partial charge in [0.2, 0.25) is 5.91 Å². The third kappa shape index (κ3) is 2.35. The summed E-state index contributed by atoms with van der Waals surface area (Å²) in [5.74, 6) is 0.220. The van der Waals surface area contributed by atoms with E-state index < -0.39 is 0 Å². The number of carbonyl (C=O) groups is 1. The van der Waals surface area contributed by atoms with Gasteiger partial charge < -0.3 is 10.2 Å². The van der Waals surface area contributed by atoms with Crippen LogP contribution in [0, 0.1) is 0 Å². The first-order valence-corrected chi connectivity index (χ1v) is 7.74. The normalized spacial score (nSPS) is 23.8. The van der Waals surface area contributed by atoms with Crippen LogP contribution in [0.25, 0.3) is 0 Å². The second kappa shape index (κ2) is 5.56. The predicted molar refractivity (Wildman–Crippen MR) is 77.3 cm³/mol. The van der Waals surface area contributed by atoms with Crippen LogP contribution < -0.4 is 5.32 Å². The Morgan fingerprint density at radius 1 is 1.35 bits per heavy atom. The van der Waals surface area contributed by atoms with E-state index in [0.29, 0.717) is 0 Å². The molecule has 1 aromatic heterocycles. The SMILES string of the molecule is CC(C(=O)N1CCNCC12CCCCC2)n1cccn1. The van der Waals surface area contributed by atoms with Crippen LogP contribution in [0.15, 0.2) is 18.5 Å². The zero-order valence-electron chi connectivity index (χ0n) is 12.2. The minimum atomic E-state index is -0.207. The van der Waals surface area contributed by atoms with Gasteiger partial charge in [0.25, 0.3) is 0 Å². The third-order valence-corrected chi connectivity index (χ3v) is 4.87. The molecule has 5 heteroatoms. The molecule has 2 heterocycles. The van der Waals surface area contributed by atoms with Crippen molar-refractivity contribution in [3.8, 4) is 0 Å². The summed E-state index contributed by atoms with van der Waals surface area (Å²) in [6.45, 7) is 4.63. The summed E-state index contributed by atoms with van der Waals surface area (Å²) in [6, 6.07) is 1.67. The first-order valence-electron chi connectivity index (χ1n) is 7.74. The Morgan fingerprint density at radius 3 is 2.85 bits per heavy atom. The van der Waals surface area contributed by atoms with E-state index >= 15 is 0 Å². The van der Waals surface area contributed by atoms with E-state index in [9.17, 15) is 4.79 Å². The van der Waals surface area contributed by atoms with Crippen molar-refractivity contribution in [3.63, 3.8) is 0 Å². The number of hydrogen-bond acceptors (Lipinski definition) is 3. The largest absolute Gasteiger partial charge is 0.333 e. The van der Waals surface area contributed by atoms with Crippen LogP contribution in [0.5, 0.6) is 0 Å². The Labute approximate surface area is 120 Å². The molecule has 2 fully saturated rings. The van der Waals surface area contributed by atoms with Gasteiger partial charge in [0.1, 0.15) is 6.04 Å². The number of hydrogen-bond donors (Lipinski definition) is 1. The highest BCUT2D eigenvalue weighted by Crippen LogP contribution is 2.35. The highest BCUT2D eigenvalue weighted by atomic mass is 16.2. The predicted octanol–water partition coefficient (Wildman–Crippen LogP) is 1.58. The van der Waals surface area contributed by atoms with Crippen molar-refractivity contribution in [2.75, 3.05) is 19.6 Å². The van der Waals surface area contributed by atoms with Crippen molar-refractivity contribution < 1.29 is 4.79 Å². The summed E-state index contributed by atoms with van der Waals surface area (Å²) in [7, 11) is 0. The average molecular weight is 276 g/mol. The fourth-order valence-electron chi connectivity index (χ4n) is 3.69. The first-order chi connectivity index (χ1) is 9.73. The molecule has 1 N–H and O–H groups in total. The van der Waals surface area contributed by atoms with Crippen LogP contribution in [0.4, 0.5) is 0 Å². The van der Waals surface area contributed by atoms with Gasteiger partial charge in [0.15, 0.2) is 0 Å². The second-order valence-electron chi connectivity index (χ2n) is 6.11. The molecule has 1 aliphatic heterocycles. The topological polar surface area (TPSA) is 50.2 Å². The first kappa shape index (κ1) is 13.6. The minimum absolute atomic E-state index is 0.0506. The molecule has 110 valence electrons. The molecule has 1 aliphatic carbocycles. The summed E-state index contributed by atoms with van der Waals surface area (Å²) in [6.07, 6.45) is 9.66. The lowest BCUT2D eigenvalue weighted by atomic mass is 9.78. The Morgan fingerprint density at radius 2 is 2.15 bits per heavy atom. The lowest BCUT2D eigenvalue weighted by Gasteiger charge is -2.50. The van der Waals surface area contributed by atoms with Crippen molar-refractivity contribution in [1.82, 2.24) is 20.0 Å².